The van der Waals surface area contributed by atoms with Gasteiger partial charge in [-0.1, -0.05) is 12.1 Å². The van der Waals surface area contributed by atoms with E-state index in [1.165, 1.54) is 24.6 Å². The summed E-state index contributed by atoms with van der Waals surface area (Å²) in [6.07, 6.45) is 3.19. The van der Waals surface area contributed by atoms with Crippen LogP contribution in [0, 0.1) is 0 Å². The van der Waals surface area contributed by atoms with E-state index in [1.54, 1.807) is 0 Å². The fraction of sp³-hybridized carbons (Fsp3) is 0.421. The van der Waals surface area contributed by atoms with E-state index < -0.39 is 0 Å². The van der Waals surface area contributed by atoms with E-state index >= 15 is 0 Å². The highest BCUT2D eigenvalue weighted by molar-refractivity contribution is 5.88. The maximum Gasteiger partial charge on any atom is 0.221 e. The number of carbonyl (C=O) groups excluding carboxylic acids is 1. The van der Waals surface area contributed by atoms with Crippen LogP contribution in [0.4, 0.5) is 5.69 Å². The molecule has 0 atom stereocenters. The van der Waals surface area contributed by atoms with E-state index in [-0.39, 0.29) is 5.91 Å². The van der Waals surface area contributed by atoms with Crippen molar-refractivity contribution in [3.63, 3.8) is 0 Å². The lowest BCUT2D eigenvalue weighted by atomic mass is 10.2. The molecule has 1 aromatic heterocycles. The quantitative estimate of drug-likeness (QED) is 0.888. The van der Waals surface area contributed by atoms with Crippen molar-refractivity contribution in [3.05, 3.63) is 53.9 Å². The number of benzene rings is 1. The van der Waals surface area contributed by atoms with Crippen molar-refractivity contribution in [2.45, 2.75) is 26.4 Å². The second-order valence-corrected chi connectivity index (χ2v) is 6.48. The van der Waals surface area contributed by atoms with Crippen LogP contribution in [0.5, 0.6) is 0 Å². The topological polar surface area (TPSA) is 51.4 Å². The van der Waals surface area contributed by atoms with E-state index in [2.05, 4.69) is 44.4 Å². The summed E-state index contributed by atoms with van der Waals surface area (Å²) in [4.78, 5) is 19.4. The van der Waals surface area contributed by atoms with Gasteiger partial charge in [0.2, 0.25) is 5.91 Å². The Balaban J connectivity index is 1.50. The molecule has 24 heavy (non-hydrogen) atoms. The summed E-state index contributed by atoms with van der Waals surface area (Å²) in [7, 11) is 0. The number of aromatic nitrogens is 1. The Morgan fingerprint density at radius 2 is 1.75 bits per heavy atom. The van der Waals surface area contributed by atoms with Crippen LogP contribution in [0.15, 0.2) is 42.6 Å². The summed E-state index contributed by atoms with van der Waals surface area (Å²) < 4.78 is 0. The van der Waals surface area contributed by atoms with E-state index in [0.29, 0.717) is 0 Å². The Labute approximate surface area is 143 Å². The lowest BCUT2D eigenvalue weighted by Gasteiger charge is -2.21. The molecule has 0 radical (unpaired) electrons. The Kier molecular flexibility index (Phi) is 5.67. The Bertz CT molecular complexity index is 636. The monoisotopic (exact) mass is 326 g/mol. The normalized spacial score (nSPS) is 16.7. The number of anilines is 1. The summed E-state index contributed by atoms with van der Waals surface area (Å²) in [6, 6.07) is 12.4. The zero-order chi connectivity index (χ0) is 16.8. The van der Waals surface area contributed by atoms with Crippen LogP contribution in [-0.2, 0) is 17.9 Å². The molecule has 1 amide bonds. The van der Waals surface area contributed by atoms with Crippen molar-refractivity contribution < 1.29 is 4.79 Å². The fourth-order valence-corrected chi connectivity index (χ4v) is 3.20. The molecule has 3 rings (SSSR count). The molecule has 1 aromatic carbocycles. The van der Waals surface area contributed by atoms with Crippen LogP contribution in [0.2, 0.25) is 0 Å². The smallest absolute Gasteiger partial charge is 0.221 e. The Morgan fingerprint density at radius 1 is 1.04 bits per heavy atom. The van der Waals surface area contributed by atoms with Gasteiger partial charge in [0.05, 0.1) is 0 Å². The highest BCUT2D eigenvalue weighted by Crippen LogP contribution is 2.14. The molecule has 1 aliphatic rings. The number of hydrogen-bond acceptors (Lipinski definition) is 3. The summed E-state index contributed by atoms with van der Waals surface area (Å²) in [5.41, 5.74) is 3.44. The van der Waals surface area contributed by atoms with Crippen LogP contribution in [-0.4, -0.2) is 46.9 Å². The first-order valence-corrected chi connectivity index (χ1v) is 8.62. The average Bonchev–Trinajstić information content (AvgIpc) is 2.96. The van der Waals surface area contributed by atoms with Crippen LogP contribution >= 0.6 is 0 Å². The fourth-order valence-electron chi connectivity index (χ4n) is 3.20. The SMILES string of the molecule is CC(=O)Nc1ccc(CN2CCCN(Cc3ccc[nH]3)CC2)cc1. The van der Waals surface area contributed by atoms with Gasteiger partial charge in [-0.25, -0.2) is 0 Å². The average molecular weight is 326 g/mol. The number of nitrogens with zero attached hydrogens (tertiary/aromatic N) is 2. The minimum atomic E-state index is -0.0302. The van der Waals surface area contributed by atoms with Crippen molar-refractivity contribution >= 4 is 11.6 Å². The third-order valence-corrected chi connectivity index (χ3v) is 4.42. The number of nitrogens with one attached hydrogen (secondary N) is 2. The summed E-state index contributed by atoms with van der Waals surface area (Å²) in [6.45, 7) is 7.98. The van der Waals surface area contributed by atoms with Crippen molar-refractivity contribution in [1.29, 1.82) is 0 Å². The number of hydrogen-bond donors (Lipinski definition) is 2. The molecule has 2 aromatic rings. The van der Waals surface area contributed by atoms with Gasteiger partial charge in [-0.05, 0) is 49.3 Å². The first-order valence-electron chi connectivity index (χ1n) is 8.62. The number of carbonyl (C=O) groups is 1. The molecule has 0 saturated carbocycles. The van der Waals surface area contributed by atoms with Gasteiger partial charge in [-0.3, -0.25) is 14.6 Å². The standard InChI is InChI=1S/C19H26N4O/c1-16(24)21-18-7-5-17(6-8-18)14-22-10-3-11-23(13-12-22)15-19-4-2-9-20-19/h2,4-9,20H,3,10-15H2,1H3,(H,21,24). The van der Waals surface area contributed by atoms with Crippen molar-refractivity contribution in [1.82, 2.24) is 14.8 Å². The predicted molar refractivity (Wildman–Crippen MR) is 96.7 cm³/mol. The van der Waals surface area contributed by atoms with E-state index in [1.807, 2.05) is 18.3 Å². The third-order valence-electron chi connectivity index (χ3n) is 4.42. The van der Waals surface area contributed by atoms with Crippen LogP contribution in [0.25, 0.3) is 0 Å². The maximum absolute atomic E-state index is 11.1. The third kappa shape index (κ3) is 4.94. The molecular formula is C19H26N4O. The summed E-state index contributed by atoms with van der Waals surface area (Å²) >= 11 is 0. The second-order valence-electron chi connectivity index (χ2n) is 6.48. The van der Waals surface area contributed by atoms with E-state index in [4.69, 9.17) is 0 Å². The van der Waals surface area contributed by atoms with E-state index in [0.717, 1.165) is 45.0 Å². The summed E-state index contributed by atoms with van der Waals surface area (Å²) in [5.74, 6) is -0.0302. The van der Waals surface area contributed by atoms with Crippen LogP contribution in [0.3, 0.4) is 0 Å². The molecule has 1 fully saturated rings. The predicted octanol–water partition coefficient (Wildman–Crippen LogP) is 2.68. The molecule has 1 aliphatic heterocycles. The van der Waals surface area contributed by atoms with Crippen LogP contribution in [0.1, 0.15) is 24.6 Å². The first kappa shape index (κ1) is 16.7. The van der Waals surface area contributed by atoms with Crippen molar-refractivity contribution in [2.75, 3.05) is 31.5 Å². The molecule has 1 saturated heterocycles. The molecule has 2 N–H and O–H groups in total. The van der Waals surface area contributed by atoms with Gasteiger partial charge in [0.15, 0.2) is 0 Å². The largest absolute Gasteiger partial charge is 0.364 e. The lowest BCUT2D eigenvalue weighted by molar-refractivity contribution is -0.114. The number of amides is 1. The zero-order valence-electron chi connectivity index (χ0n) is 14.3. The van der Waals surface area contributed by atoms with Crippen molar-refractivity contribution in [3.8, 4) is 0 Å². The molecule has 0 unspecified atom stereocenters. The molecule has 0 bridgehead atoms. The van der Waals surface area contributed by atoms with Gasteiger partial charge in [-0.15, -0.1) is 0 Å². The van der Waals surface area contributed by atoms with Gasteiger partial charge in [0.25, 0.3) is 0 Å². The molecule has 2 heterocycles. The lowest BCUT2D eigenvalue weighted by Crippen LogP contribution is -2.30. The first-order chi connectivity index (χ1) is 11.7. The van der Waals surface area contributed by atoms with E-state index in [9.17, 15) is 4.79 Å². The highest BCUT2D eigenvalue weighted by Gasteiger charge is 2.15. The molecule has 0 aliphatic carbocycles. The Hall–Kier alpha value is -2.11. The molecule has 5 nitrogen and oxygen atoms in total. The van der Waals surface area contributed by atoms with Crippen molar-refractivity contribution in [2.24, 2.45) is 0 Å². The minimum absolute atomic E-state index is 0.0302. The number of aromatic amines is 1. The molecule has 128 valence electrons. The van der Waals surface area contributed by atoms with Gasteiger partial charge in [0.1, 0.15) is 0 Å². The highest BCUT2D eigenvalue weighted by atomic mass is 16.1. The molecule has 0 spiro atoms. The van der Waals surface area contributed by atoms with Gasteiger partial charge in [-0.2, -0.15) is 0 Å². The number of rotatable bonds is 5. The van der Waals surface area contributed by atoms with Gasteiger partial charge < -0.3 is 10.3 Å². The molecular weight excluding hydrogens is 300 g/mol. The molecule has 5 heteroatoms. The maximum atomic E-state index is 11.1. The zero-order valence-corrected chi connectivity index (χ0v) is 14.3. The summed E-state index contributed by atoms with van der Waals surface area (Å²) in [5, 5.41) is 2.81. The second kappa shape index (κ2) is 8.13. The van der Waals surface area contributed by atoms with Gasteiger partial charge >= 0.3 is 0 Å². The van der Waals surface area contributed by atoms with Gasteiger partial charge in [0, 0.05) is 50.7 Å². The van der Waals surface area contributed by atoms with Crippen LogP contribution < -0.4 is 5.32 Å². The minimum Gasteiger partial charge on any atom is -0.364 e. The number of H-pyrrole nitrogens is 1. The Morgan fingerprint density at radius 3 is 2.38 bits per heavy atom.